The number of pyridine rings is 1. The van der Waals surface area contributed by atoms with Gasteiger partial charge in [-0.2, -0.15) is 0 Å². The zero-order valence-corrected chi connectivity index (χ0v) is 14.6. The smallest absolute Gasteiger partial charge is 0.150 e. The number of nitrogens with zero attached hydrogens (tertiary/aromatic N) is 2. The first-order valence-corrected chi connectivity index (χ1v) is 7.92. The molecular formula is C16H22BrN3O. The molecule has 1 atom stereocenters. The summed E-state index contributed by atoms with van der Waals surface area (Å²) in [5.74, 6) is 1.07. The minimum absolute atomic E-state index is 0.377. The molecule has 0 aliphatic heterocycles. The van der Waals surface area contributed by atoms with Crippen molar-refractivity contribution >= 4 is 33.6 Å². The Morgan fingerprint density at radius 2 is 2.19 bits per heavy atom. The molecule has 1 unspecified atom stereocenters. The lowest BCUT2D eigenvalue weighted by atomic mass is 10.1. The van der Waals surface area contributed by atoms with E-state index in [4.69, 9.17) is 0 Å². The minimum Gasteiger partial charge on any atom is -0.358 e. The van der Waals surface area contributed by atoms with E-state index in [1.807, 2.05) is 32.3 Å². The molecule has 21 heavy (non-hydrogen) atoms. The van der Waals surface area contributed by atoms with Crippen LogP contribution in [0.2, 0.25) is 0 Å². The second-order valence-electron chi connectivity index (χ2n) is 5.47. The first kappa shape index (κ1) is 16.0. The van der Waals surface area contributed by atoms with Crippen LogP contribution in [0.1, 0.15) is 29.3 Å². The van der Waals surface area contributed by atoms with Crippen molar-refractivity contribution in [3.63, 3.8) is 0 Å². The van der Waals surface area contributed by atoms with Gasteiger partial charge in [-0.25, -0.2) is 0 Å². The first-order chi connectivity index (χ1) is 9.99. The van der Waals surface area contributed by atoms with E-state index in [1.54, 1.807) is 0 Å². The summed E-state index contributed by atoms with van der Waals surface area (Å²) in [6.07, 6.45) is 4.03. The molecule has 0 bridgehead atoms. The molecule has 0 aliphatic carbocycles. The molecular weight excluding hydrogens is 330 g/mol. The van der Waals surface area contributed by atoms with Gasteiger partial charge in [0.05, 0.1) is 0 Å². The Bertz CT molecular complexity index is 650. The summed E-state index contributed by atoms with van der Waals surface area (Å²) in [5, 5.41) is 3.19. The number of aldehydes is 1. The standard InChI is InChI=1S/C16H22BrN3O/c1-11(5-6-18-3)19(4)16-12(2)13(10-21)7-15-8-14(17)9-20(15)16/h7-11,18H,5-6H2,1-4H3. The van der Waals surface area contributed by atoms with Gasteiger partial charge in [-0.3, -0.25) is 4.79 Å². The Morgan fingerprint density at radius 1 is 1.48 bits per heavy atom. The van der Waals surface area contributed by atoms with Gasteiger partial charge in [0.15, 0.2) is 6.29 Å². The van der Waals surface area contributed by atoms with Crippen LogP contribution in [0.5, 0.6) is 0 Å². The molecule has 4 nitrogen and oxygen atoms in total. The first-order valence-electron chi connectivity index (χ1n) is 7.13. The summed E-state index contributed by atoms with van der Waals surface area (Å²) in [6, 6.07) is 4.34. The van der Waals surface area contributed by atoms with E-state index in [0.717, 1.165) is 46.2 Å². The third-order valence-corrected chi connectivity index (χ3v) is 4.48. The van der Waals surface area contributed by atoms with Crippen molar-refractivity contribution in [2.45, 2.75) is 26.3 Å². The Hall–Kier alpha value is -1.33. The van der Waals surface area contributed by atoms with E-state index in [1.165, 1.54) is 0 Å². The number of aromatic nitrogens is 1. The summed E-state index contributed by atoms with van der Waals surface area (Å²) >= 11 is 3.52. The van der Waals surface area contributed by atoms with Crippen LogP contribution in [0.3, 0.4) is 0 Å². The topological polar surface area (TPSA) is 36.8 Å². The highest BCUT2D eigenvalue weighted by molar-refractivity contribution is 9.10. The molecule has 0 saturated heterocycles. The zero-order valence-electron chi connectivity index (χ0n) is 13.0. The van der Waals surface area contributed by atoms with Crippen molar-refractivity contribution in [1.29, 1.82) is 0 Å². The second-order valence-corrected chi connectivity index (χ2v) is 6.39. The number of hydrogen-bond acceptors (Lipinski definition) is 3. The van der Waals surface area contributed by atoms with Gasteiger partial charge in [-0.1, -0.05) is 0 Å². The molecule has 2 heterocycles. The van der Waals surface area contributed by atoms with Gasteiger partial charge in [0.25, 0.3) is 0 Å². The second kappa shape index (κ2) is 6.62. The van der Waals surface area contributed by atoms with Gasteiger partial charge in [-0.15, -0.1) is 0 Å². The van der Waals surface area contributed by atoms with E-state index in [0.29, 0.717) is 6.04 Å². The lowest BCUT2D eigenvalue weighted by Gasteiger charge is -2.30. The molecule has 5 heteroatoms. The van der Waals surface area contributed by atoms with E-state index < -0.39 is 0 Å². The van der Waals surface area contributed by atoms with Crippen LogP contribution in [-0.2, 0) is 0 Å². The fraction of sp³-hybridized carbons (Fsp3) is 0.438. The maximum absolute atomic E-state index is 11.3. The molecule has 2 rings (SSSR count). The highest BCUT2D eigenvalue weighted by atomic mass is 79.9. The number of nitrogens with one attached hydrogen (secondary N) is 1. The molecule has 2 aromatic heterocycles. The third-order valence-electron chi connectivity index (χ3n) is 4.05. The average Bonchev–Trinajstić information content (AvgIpc) is 2.83. The third kappa shape index (κ3) is 3.14. The van der Waals surface area contributed by atoms with Crippen LogP contribution in [0, 0.1) is 6.92 Å². The molecule has 0 amide bonds. The molecule has 0 aliphatic rings. The SMILES string of the molecule is CNCCC(C)N(C)c1c(C)c(C=O)cc2cc(Br)cn12. The Kier molecular flexibility index (Phi) is 5.06. The number of carbonyl (C=O) groups is 1. The van der Waals surface area contributed by atoms with Crippen LogP contribution >= 0.6 is 15.9 Å². The lowest BCUT2D eigenvalue weighted by Crippen LogP contribution is -2.33. The van der Waals surface area contributed by atoms with Gasteiger partial charge in [0, 0.05) is 40.4 Å². The quantitative estimate of drug-likeness (QED) is 0.811. The summed E-state index contributed by atoms with van der Waals surface area (Å²) in [5.41, 5.74) is 2.78. The largest absolute Gasteiger partial charge is 0.358 e. The minimum atomic E-state index is 0.377. The average molecular weight is 352 g/mol. The summed E-state index contributed by atoms with van der Waals surface area (Å²) in [4.78, 5) is 13.6. The van der Waals surface area contributed by atoms with E-state index >= 15 is 0 Å². The normalized spacial score (nSPS) is 12.6. The maximum Gasteiger partial charge on any atom is 0.150 e. The Morgan fingerprint density at radius 3 is 2.81 bits per heavy atom. The molecule has 1 N–H and O–H groups in total. The van der Waals surface area contributed by atoms with E-state index in [-0.39, 0.29) is 0 Å². The lowest BCUT2D eigenvalue weighted by molar-refractivity contribution is 0.112. The molecule has 0 saturated carbocycles. The van der Waals surface area contributed by atoms with Crippen molar-refractivity contribution in [2.24, 2.45) is 0 Å². The Labute approximate surface area is 134 Å². The number of anilines is 1. The molecule has 0 radical (unpaired) electrons. The van der Waals surface area contributed by atoms with Crippen LogP contribution < -0.4 is 10.2 Å². The van der Waals surface area contributed by atoms with Crippen LogP contribution in [-0.4, -0.2) is 37.4 Å². The van der Waals surface area contributed by atoms with Gasteiger partial charge in [0.2, 0.25) is 0 Å². The molecule has 0 fully saturated rings. The van der Waals surface area contributed by atoms with Crippen molar-refractivity contribution in [2.75, 3.05) is 25.5 Å². The summed E-state index contributed by atoms with van der Waals surface area (Å²) < 4.78 is 3.16. The fourth-order valence-electron chi connectivity index (χ4n) is 2.63. The molecule has 2 aromatic rings. The highest BCUT2D eigenvalue weighted by Gasteiger charge is 2.18. The zero-order chi connectivity index (χ0) is 15.6. The van der Waals surface area contributed by atoms with Gasteiger partial charge < -0.3 is 14.6 Å². The van der Waals surface area contributed by atoms with Crippen LogP contribution in [0.15, 0.2) is 22.8 Å². The monoisotopic (exact) mass is 351 g/mol. The van der Waals surface area contributed by atoms with Crippen molar-refractivity contribution in [3.8, 4) is 0 Å². The predicted octanol–water partition coefficient (Wildman–Crippen LogP) is 3.26. The van der Waals surface area contributed by atoms with Crippen molar-refractivity contribution in [3.05, 3.63) is 33.9 Å². The van der Waals surface area contributed by atoms with Crippen molar-refractivity contribution < 1.29 is 4.79 Å². The highest BCUT2D eigenvalue weighted by Crippen LogP contribution is 2.29. The number of rotatable bonds is 6. The summed E-state index contributed by atoms with van der Waals surface area (Å²) in [7, 11) is 4.05. The van der Waals surface area contributed by atoms with Crippen molar-refractivity contribution in [1.82, 2.24) is 9.72 Å². The number of halogens is 1. The van der Waals surface area contributed by atoms with E-state index in [2.05, 4.69) is 44.5 Å². The van der Waals surface area contributed by atoms with Gasteiger partial charge in [-0.05, 0) is 61.9 Å². The van der Waals surface area contributed by atoms with Gasteiger partial charge >= 0.3 is 0 Å². The fourth-order valence-corrected chi connectivity index (χ4v) is 3.07. The van der Waals surface area contributed by atoms with E-state index in [9.17, 15) is 4.79 Å². The molecule has 114 valence electrons. The van der Waals surface area contributed by atoms with Gasteiger partial charge in [0.1, 0.15) is 5.82 Å². The maximum atomic E-state index is 11.3. The Balaban J connectivity index is 2.54. The molecule has 0 aromatic carbocycles. The predicted molar refractivity (Wildman–Crippen MR) is 91.6 cm³/mol. The molecule has 0 spiro atoms. The van der Waals surface area contributed by atoms with Crippen LogP contribution in [0.4, 0.5) is 5.82 Å². The van der Waals surface area contributed by atoms with Crippen LogP contribution in [0.25, 0.3) is 5.52 Å². The number of carbonyl (C=O) groups excluding carboxylic acids is 1. The number of fused-ring (bicyclic) bond motifs is 1. The summed E-state index contributed by atoms with van der Waals surface area (Å²) in [6.45, 7) is 5.18. The number of hydrogen-bond donors (Lipinski definition) is 1.